The van der Waals surface area contributed by atoms with Gasteiger partial charge in [-0.3, -0.25) is 14.9 Å². The summed E-state index contributed by atoms with van der Waals surface area (Å²) in [6.07, 6.45) is -0.486. The second-order valence-corrected chi connectivity index (χ2v) is 3.13. The lowest BCUT2D eigenvalue weighted by Crippen LogP contribution is -2.03. The number of benzene rings is 1. The summed E-state index contributed by atoms with van der Waals surface area (Å²) in [5, 5.41) is 18.7. The maximum atomic E-state index is 12.9. The lowest BCUT2D eigenvalue weighted by Gasteiger charge is -2.01. The van der Waals surface area contributed by atoms with E-state index in [0.29, 0.717) is 0 Å². The standard InChI is InChI=1S/C8H5ClFNO4/c9-5-3-6(10)7(11(14)15)1-4(5)2-8(12)13/h1,3H,2H2,(H,12,13). The van der Waals surface area contributed by atoms with E-state index in [1.54, 1.807) is 0 Å². The quantitative estimate of drug-likeness (QED) is 0.640. The van der Waals surface area contributed by atoms with E-state index in [4.69, 9.17) is 16.7 Å². The third-order valence-corrected chi connectivity index (χ3v) is 2.01. The average Bonchev–Trinajstić information content (AvgIpc) is 2.08. The molecule has 1 aromatic carbocycles. The van der Waals surface area contributed by atoms with Crippen LogP contribution < -0.4 is 0 Å². The first-order chi connectivity index (χ1) is 6.91. The molecule has 0 aromatic heterocycles. The highest BCUT2D eigenvalue weighted by molar-refractivity contribution is 6.31. The van der Waals surface area contributed by atoms with Gasteiger partial charge in [0.1, 0.15) is 0 Å². The fourth-order valence-corrected chi connectivity index (χ4v) is 1.24. The Balaban J connectivity index is 3.23. The van der Waals surface area contributed by atoms with Gasteiger partial charge < -0.3 is 5.11 Å². The van der Waals surface area contributed by atoms with Crippen LogP contribution in [0.3, 0.4) is 0 Å². The van der Waals surface area contributed by atoms with Gasteiger partial charge in [0.05, 0.1) is 11.3 Å². The van der Waals surface area contributed by atoms with Crippen LogP contribution in [0.2, 0.25) is 5.02 Å². The van der Waals surface area contributed by atoms with Crippen LogP contribution in [0.5, 0.6) is 0 Å². The number of halogens is 2. The van der Waals surface area contributed by atoms with Crippen molar-refractivity contribution >= 4 is 23.3 Å². The van der Waals surface area contributed by atoms with Gasteiger partial charge in [-0.1, -0.05) is 11.6 Å². The van der Waals surface area contributed by atoms with Gasteiger partial charge in [0.2, 0.25) is 5.82 Å². The van der Waals surface area contributed by atoms with Crippen LogP contribution in [-0.2, 0) is 11.2 Å². The van der Waals surface area contributed by atoms with Gasteiger partial charge in [0.25, 0.3) is 0 Å². The van der Waals surface area contributed by atoms with E-state index in [1.807, 2.05) is 0 Å². The minimum absolute atomic E-state index is 0.0114. The number of aliphatic carboxylic acids is 1. The van der Waals surface area contributed by atoms with E-state index < -0.39 is 28.8 Å². The van der Waals surface area contributed by atoms with E-state index in [9.17, 15) is 19.3 Å². The molecule has 0 aliphatic heterocycles. The number of nitro benzene ring substituents is 1. The monoisotopic (exact) mass is 233 g/mol. The van der Waals surface area contributed by atoms with Crippen molar-refractivity contribution < 1.29 is 19.2 Å². The van der Waals surface area contributed by atoms with E-state index in [2.05, 4.69) is 0 Å². The van der Waals surface area contributed by atoms with Crippen molar-refractivity contribution in [3.63, 3.8) is 0 Å². The van der Waals surface area contributed by atoms with Crippen molar-refractivity contribution in [2.45, 2.75) is 6.42 Å². The zero-order valence-corrected chi connectivity index (χ0v) is 7.99. The first kappa shape index (κ1) is 11.4. The van der Waals surface area contributed by atoms with Crippen molar-refractivity contribution in [1.29, 1.82) is 0 Å². The van der Waals surface area contributed by atoms with E-state index in [0.717, 1.165) is 12.1 Å². The summed E-state index contributed by atoms with van der Waals surface area (Å²) >= 11 is 5.52. The highest BCUT2D eigenvalue weighted by atomic mass is 35.5. The van der Waals surface area contributed by atoms with Gasteiger partial charge in [0.15, 0.2) is 0 Å². The molecular weight excluding hydrogens is 229 g/mol. The number of carboxylic acid groups (broad SMARTS) is 1. The molecule has 0 saturated carbocycles. The van der Waals surface area contributed by atoms with Crippen LogP contribution in [0, 0.1) is 15.9 Å². The lowest BCUT2D eigenvalue weighted by atomic mass is 10.1. The molecule has 0 radical (unpaired) electrons. The molecule has 0 heterocycles. The molecule has 0 aliphatic rings. The van der Waals surface area contributed by atoms with Gasteiger partial charge in [-0.25, -0.2) is 0 Å². The van der Waals surface area contributed by atoms with Gasteiger partial charge in [-0.15, -0.1) is 0 Å². The summed E-state index contributed by atoms with van der Waals surface area (Å²) in [6.45, 7) is 0. The third kappa shape index (κ3) is 2.63. The molecule has 0 bridgehead atoms. The number of carbonyl (C=O) groups is 1. The van der Waals surface area contributed by atoms with Crippen molar-refractivity contribution in [2.75, 3.05) is 0 Å². The molecule has 1 N–H and O–H groups in total. The van der Waals surface area contributed by atoms with Gasteiger partial charge in [0, 0.05) is 11.1 Å². The SMILES string of the molecule is O=C(O)Cc1cc([N+](=O)[O-])c(F)cc1Cl. The Kier molecular flexibility index (Phi) is 3.21. The maximum absolute atomic E-state index is 12.9. The van der Waals surface area contributed by atoms with Crippen LogP contribution in [0.15, 0.2) is 12.1 Å². The van der Waals surface area contributed by atoms with E-state index in [1.165, 1.54) is 0 Å². The zero-order chi connectivity index (χ0) is 11.6. The summed E-state index contributed by atoms with van der Waals surface area (Å²) in [5.41, 5.74) is -0.770. The van der Waals surface area contributed by atoms with Crippen LogP contribution in [0.4, 0.5) is 10.1 Å². The molecule has 15 heavy (non-hydrogen) atoms. The molecule has 1 rings (SSSR count). The summed E-state index contributed by atoms with van der Waals surface area (Å²) in [7, 11) is 0. The highest BCUT2D eigenvalue weighted by Crippen LogP contribution is 2.26. The van der Waals surface area contributed by atoms with Crippen LogP contribution in [0.25, 0.3) is 0 Å². The fourth-order valence-electron chi connectivity index (χ4n) is 1.02. The Morgan fingerprint density at radius 3 is 2.67 bits per heavy atom. The number of nitrogens with zero attached hydrogens (tertiary/aromatic N) is 1. The summed E-state index contributed by atoms with van der Waals surface area (Å²) in [6, 6.07) is 1.56. The minimum Gasteiger partial charge on any atom is -0.481 e. The largest absolute Gasteiger partial charge is 0.481 e. The molecule has 0 atom stereocenters. The molecule has 0 unspecified atom stereocenters. The van der Waals surface area contributed by atoms with Crippen LogP contribution in [0.1, 0.15) is 5.56 Å². The zero-order valence-electron chi connectivity index (χ0n) is 7.24. The number of rotatable bonds is 3. The Bertz CT molecular complexity index is 435. The smallest absolute Gasteiger partial charge is 0.307 e. The number of nitro groups is 1. The molecule has 0 fully saturated rings. The maximum Gasteiger partial charge on any atom is 0.307 e. The molecular formula is C8H5ClFNO4. The Morgan fingerprint density at radius 2 is 2.20 bits per heavy atom. The predicted octanol–water partition coefficient (Wildman–Crippen LogP) is 2.01. The molecule has 80 valence electrons. The fraction of sp³-hybridized carbons (Fsp3) is 0.125. The van der Waals surface area contributed by atoms with Crippen molar-refractivity contribution in [3.8, 4) is 0 Å². The summed E-state index contributed by atoms with van der Waals surface area (Å²) in [4.78, 5) is 19.8. The Hall–Kier alpha value is -1.69. The molecule has 7 heteroatoms. The topological polar surface area (TPSA) is 80.4 Å². The molecule has 5 nitrogen and oxygen atoms in total. The molecule has 1 aromatic rings. The Morgan fingerprint density at radius 1 is 1.60 bits per heavy atom. The highest BCUT2D eigenvalue weighted by Gasteiger charge is 2.18. The molecule has 0 saturated heterocycles. The van der Waals surface area contributed by atoms with Gasteiger partial charge in [-0.2, -0.15) is 4.39 Å². The van der Waals surface area contributed by atoms with Gasteiger partial charge in [-0.05, 0) is 11.6 Å². The minimum atomic E-state index is -1.20. The molecule has 0 aliphatic carbocycles. The first-order valence-electron chi connectivity index (χ1n) is 3.76. The predicted molar refractivity (Wildman–Crippen MR) is 49.4 cm³/mol. The number of hydrogen-bond acceptors (Lipinski definition) is 3. The van der Waals surface area contributed by atoms with Gasteiger partial charge >= 0.3 is 11.7 Å². The summed E-state index contributed by atoms with van der Waals surface area (Å²) in [5.74, 6) is -2.28. The number of hydrogen-bond donors (Lipinski definition) is 1. The van der Waals surface area contributed by atoms with Crippen molar-refractivity contribution in [1.82, 2.24) is 0 Å². The van der Waals surface area contributed by atoms with Crippen LogP contribution in [-0.4, -0.2) is 16.0 Å². The second kappa shape index (κ2) is 4.22. The second-order valence-electron chi connectivity index (χ2n) is 2.72. The summed E-state index contributed by atoms with van der Waals surface area (Å²) < 4.78 is 12.9. The average molecular weight is 234 g/mol. The lowest BCUT2D eigenvalue weighted by molar-refractivity contribution is -0.387. The Labute approximate surface area is 88.2 Å². The van der Waals surface area contributed by atoms with Crippen LogP contribution >= 0.6 is 11.6 Å². The van der Waals surface area contributed by atoms with E-state index >= 15 is 0 Å². The molecule has 0 spiro atoms. The van der Waals surface area contributed by atoms with Crippen molar-refractivity contribution in [2.24, 2.45) is 0 Å². The third-order valence-electron chi connectivity index (χ3n) is 1.65. The number of carboxylic acids is 1. The van der Waals surface area contributed by atoms with E-state index in [-0.39, 0.29) is 10.6 Å². The normalized spacial score (nSPS) is 10.0. The first-order valence-corrected chi connectivity index (χ1v) is 4.13. The molecule has 0 amide bonds. The van der Waals surface area contributed by atoms with Crippen molar-refractivity contribution in [3.05, 3.63) is 38.7 Å².